The maximum Gasteiger partial charge on any atom is 0.338 e. The summed E-state index contributed by atoms with van der Waals surface area (Å²) in [6.07, 6.45) is 0. The molecule has 2 aromatic carbocycles. The quantitative estimate of drug-likeness (QED) is 0.625. The molecule has 0 N–H and O–H groups in total. The second-order valence-corrected chi connectivity index (χ2v) is 12.0. The molecule has 0 spiro atoms. The number of rotatable bonds is 4. The van der Waals surface area contributed by atoms with Gasteiger partial charge in [0.15, 0.2) is 0 Å². The zero-order valence-electron chi connectivity index (χ0n) is 12.8. The molecule has 0 unspecified atom stereocenters. The number of carbonyl (C=O) groups excluding carboxylic acids is 1. The molecule has 21 heavy (non-hydrogen) atoms. The molecule has 4 heteroatoms. The minimum Gasteiger partial charge on any atom is -0.465 e. The van der Waals surface area contributed by atoms with Gasteiger partial charge < -0.3 is 4.74 Å². The highest BCUT2D eigenvalue weighted by atomic mass is 32.2. The van der Waals surface area contributed by atoms with Gasteiger partial charge in [-0.05, 0) is 23.4 Å². The molecule has 110 valence electrons. The molecular formula is C17H20O2SSi. The van der Waals surface area contributed by atoms with Crippen molar-refractivity contribution < 1.29 is 9.53 Å². The van der Waals surface area contributed by atoms with Gasteiger partial charge in [0.05, 0.1) is 20.7 Å². The van der Waals surface area contributed by atoms with Crippen LogP contribution in [0.25, 0.3) is 0 Å². The van der Waals surface area contributed by atoms with E-state index in [4.69, 9.17) is 4.74 Å². The molecule has 0 aliphatic heterocycles. The fourth-order valence-corrected chi connectivity index (χ4v) is 5.57. The largest absolute Gasteiger partial charge is 0.465 e. The molecule has 0 fully saturated rings. The Labute approximate surface area is 131 Å². The summed E-state index contributed by atoms with van der Waals surface area (Å²) in [6, 6.07) is 16.1. The smallest absolute Gasteiger partial charge is 0.338 e. The number of esters is 1. The molecule has 0 saturated heterocycles. The van der Waals surface area contributed by atoms with Crippen molar-refractivity contribution in [3.05, 3.63) is 54.1 Å². The minimum atomic E-state index is -1.55. The van der Waals surface area contributed by atoms with Gasteiger partial charge in [0.2, 0.25) is 0 Å². The number of benzene rings is 2. The summed E-state index contributed by atoms with van der Waals surface area (Å²) in [5.41, 5.74) is 0.659. The molecular weight excluding hydrogens is 296 g/mol. The Morgan fingerprint density at radius 2 is 1.67 bits per heavy atom. The van der Waals surface area contributed by atoms with E-state index in [0.717, 1.165) is 9.79 Å². The molecule has 0 heterocycles. The third-order valence-electron chi connectivity index (χ3n) is 3.19. The number of hydrogen-bond donors (Lipinski definition) is 0. The van der Waals surface area contributed by atoms with E-state index < -0.39 is 8.07 Å². The van der Waals surface area contributed by atoms with E-state index in [1.807, 2.05) is 30.3 Å². The molecule has 2 aromatic rings. The van der Waals surface area contributed by atoms with Crippen LogP contribution < -0.4 is 5.19 Å². The Bertz CT molecular complexity index is 633. The van der Waals surface area contributed by atoms with Crippen LogP contribution in [0.1, 0.15) is 10.4 Å². The topological polar surface area (TPSA) is 26.3 Å². The van der Waals surface area contributed by atoms with E-state index in [9.17, 15) is 4.79 Å². The zero-order chi connectivity index (χ0) is 15.5. The fourth-order valence-electron chi connectivity index (χ4n) is 2.11. The van der Waals surface area contributed by atoms with Crippen molar-refractivity contribution in [1.29, 1.82) is 0 Å². The molecule has 0 aliphatic carbocycles. The van der Waals surface area contributed by atoms with Crippen LogP contribution in [0.2, 0.25) is 19.6 Å². The number of ether oxygens (including phenoxy) is 1. The molecule has 0 amide bonds. The van der Waals surface area contributed by atoms with Crippen molar-refractivity contribution in [3.63, 3.8) is 0 Å². The monoisotopic (exact) mass is 316 g/mol. The Morgan fingerprint density at radius 3 is 2.24 bits per heavy atom. The average molecular weight is 316 g/mol. The van der Waals surface area contributed by atoms with Crippen molar-refractivity contribution in [2.24, 2.45) is 0 Å². The Hall–Kier alpha value is -1.52. The first kappa shape index (κ1) is 15.9. The van der Waals surface area contributed by atoms with Gasteiger partial charge in [-0.3, -0.25) is 0 Å². The second-order valence-electron chi connectivity index (χ2n) is 5.84. The van der Waals surface area contributed by atoms with Gasteiger partial charge in [0, 0.05) is 9.79 Å². The third-order valence-corrected chi connectivity index (χ3v) is 6.56. The molecule has 0 saturated carbocycles. The van der Waals surface area contributed by atoms with E-state index >= 15 is 0 Å². The van der Waals surface area contributed by atoms with Crippen LogP contribution in [0.3, 0.4) is 0 Å². The van der Waals surface area contributed by atoms with Crippen molar-refractivity contribution in [3.8, 4) is 0 Å². The second kappa shape index (κ2) is 6.50. The van der Waals surface area contributed by atoms with E-state index in [1.165, 1.54) is 12.3 Å². The van der Waals surface area contributed by atoms with Crippen molar-refractivity contribution in [2.45, 2.75) is 29.4 Å². The Morgan fingerprint density at radius 1 is 1.00 bits per heavy atom. The fraction of sp³-hybridized carbons (Fsp3) is 0.235. The number of carbonyl (C=O) groups is 1. The van der Waals surface area contributed by atoms with E-state index in [0.29, 0.717) is 5.56 Å². The molecule has 0 radical (unpaired) electrons. The van der Waals surface area contributed by atoms with E-state index in [1.54, 1.807) is 11.8 Å². The molecule has 2 rings (SSSR count). The van der Waals surface area contributed by atoms with Gasteiger partial charge in [-0.15, -0.1) is 0 Å². The molecule has 0 aromatic heterocycles. The van der Waals surface area contributed by atoms with Gasteiger partial charge in [-0.25, -0.2) is 4.79 Å². The highest BCUT2D eigenvalue weighted by Crippen LogP contribution is 2.31. The van der Waals surface area contributed by atoms with Crippen LogP contribution in [-0.2, 0) is 4.74 Å². The summed E-state index contributed by atoms with van der Waals surface area (Å²) in [5.74, 6) is -0.270. The number of hydrogen-bond acceptors (Lipinski definition) is 3. The average Bonchev–Trinajstić information content (AvgIpc) is 2.46. The standard InChI is InChI=1S/C17H20O2SSi/c1-19-17(18)14-11-8-12-15(21(2,3)4)16(14)20-13-9-6-5-7-10-13/h5-12H,1-4H3. The number of methoxy groups -OCH3 is 1. The Balaban J connectivity index is 2.56. The lowest BCUT2D eigenvalue weighted by Crippen LogP contribution is -2.39. The lowest BCUT2D eigenvalue weighted by Gasteiger charge is -2.22. The van der Waals surface area contributed by atoms with Crippen molar-refractivity contribution in [2.75, 3.05) is 7.11 Å². The van der Waals surface area contributed by atoms with Crippen LogP contribution in [0.5, 0.6) is 0 Å². The van der Waals surface area contributed by atoms with Crippen LogP contribution in [-0.4, -0.2) is 21.2 Å². The summed E-state index contributed by atoms with van der Waals surface area (Å²) in [5, 5.41) is 1.29. The maximum atomic E-state index is 12.1. The molecule has 0 atom stereocenters. The summed E-state index contributed by atoms with van der Waals surface area (Å²) in [7, 11) is -0.119. The van der Waals surface area contributed by atoms with Gasteiger partial charge in [-0.1, -0.05) is 61.7 Å². The third kappa shape index (κ3) is 3.77. The predicted octanol–water partition coefficient (Wildman–Crippen LogP) is 4.17. The van der Waals surface area contributed by atoms with Crippen LogP contribution in [0.4, 0.5) is 0 Å². The first-order valence-corrected chi connectivity index (χ1v) is 11.2. The molecule has 0 aliphatic rings. The normalized spacial score (nSPS) is 11.2. The molecule has 0 bridgehead atoms. The first-order valence-electron chi connectivity index (χ1n) is 6.88. The van der Waals surface area contributed by atoms with Gasteiger partial charge in [0.25, 0.3) is 0 Å². The van der Waals surface area contributed by atoms with E-state index in [2.05, 4.69) is 37.8 Å². The maximum absolute atomic E-state index is 12.1. The lowest BCUT2D eigenvalue weighted by molar-refractivity contribution is 0.0597. The van der Waals surface area contributed by atoms with Gasteiger partial charge in [0.1, 0.15) is 0 Å². The zero-order valence-corrected chi connectivity index (χ0v) is 14.7. The summed E-state index contributed by atoms with van der Waals surface area (Å²) >= 11 is 1.65. The van der Waals surface area contributed by atoms with Crippen LogP contribution in [0, 0.1) is 0 Å². The minimum absolute atomic E-state index is 0.270. The summed E-state index contributed by atoms with van der Waals surface area (Å²) < 4.78 is 4.95. The van der Waals surface area contributed by atoms with Gasteiger partial charge in [-0.2, -0.15) is 0 Å². The highest BCUT2D eigenvalue weighted by Gasteiger charge is 2.25. The Kier molecular flexibility index (Phi) is 4.90. The lowest BCUT2D eigenvalue weighted by atomic mass is 10.2. The summed E-state index contributed by atoms with van der Waals surface area (Å²) in [6.45, 7) is 6.87. The van der Waals surface area contributed by atoms with Crippen LogP contribution in [0.15, 0.2) is 58.3 Å². The predicted molar refractivity (Wildman–Crippen MR) is 91.3 cm³/mol. The van der Waals surface area contributed by atoms with Crippen molar-refractivity contribution in [1.82, 2.24) is 0 Å². The van der Waals surface area contributed by atoms with E-state index in [-0.39, 0.29) is 5.97 Å². The summed E-state index contributed by atoms with van der Waals surface area (Å²) in [4.78, 5) is 14.3. The van der Waals surface area contributed by atoms with Crippen molar-refractivity contribution >= 4 is 31.0 Å². The SMILES string of the molecule is COC(=O)c1cccc([Si](C)(C)C)c1Sc1ccccc1. The first-order chi connectivity index (χ1) is 9.93. The highest BCUT2D eigenvalue weighted by molar-refractivity contribution is 7.99. The van der Waals surface area contributed by atoms with Gasteiger partial charge >= 0.3 is 5.97 Å². The molecule has 2 nitrogen and oxygen atoms in total. The van der Waals surface area contributed by atoms with Crippen LogP contribution >= 0.6 is 11.8 Å².